The van der Waals surface area contributed by atoms with Gasteiger partial charge in [-0.3, -0.25) is 0 Å². The molecule has 0 bridgehead atoms. The fraction of sp³-hybridized carbons (Fsp3) is 0. The lowest BCUT2D eigenvalue weighted by atomic mass is 10.0. The molecule has 0 atom stereocenters. The van der Waals surface area contributed by atoms with Crippen molar-refractivity contribution >= 4 is 150 Å². The number of aromatic nitrogens is 12. The summed E-state index contributed by atoms with van der Waals surface area (Å²) in [6, 6.07) is 178. The molecule has 150 heavy (non-hydrogen) atoms. The van der Waals surface area contributed by atoms with Gasteiger partial charge in [0.1, 0.15) is 11.2 Å². The summed E-state index contributed by atoms with van der Waals surface area (Å²) in [6.07, 6.45) is 0. The van der Waals surface area contributed by atoms with E-state index < -0.39 is 0 Å². The van der Waals surface area contributed by atoms with Crippen LogP contribution in [0.15, 0.2) is 514 Å². The molecule has 0 spiro atoms. The molecule has 9 heterocycles. The summed E-state index contributed by atoms with van der Waals surface area (Å²) in [5.74, 6) is 5.64. The Kier molecular flexibility index (Phi) is 22.0. The van der Waals surface area contributed by atoms with Crippen molar-refractivity contribution in [2.75, 3.05) is 0 Å². The van der Waals surface area contributed by atoms with Gasteiger partial charge in [0.15, 0.2) is 52.4 Å². The smallest absolute Gasteiger partial charge is 0.166 e. The Morgan fingerprint density at radius 3 is 0.907 bits per heavy atom. The van der Waals surface area contributed by atoms with Gasteiger partial charge in [-0.1, -0.05) is 406 Å². The number of nitrogens with zero attached hydrogens (tertiary/aromatic N) is 12. The van der Waals surface area contributed by atoms with Crippen LogP contribution >= 0.6 is 22.7 Å². The van der Waals surface area contributed by atoms with Crippen LogP contribution in [0.5, 0.6) is 0 Å². The number of hydrogen-bond acceptors (Lipinski definition) is 12. The maximum absolute atomic E-state index is 6.60. The highest BCUT2D eigenvalue weighted by Gasteiger charge is 2.29. The zero-order chi connectivity index (χ0) is 99.1. The van der Waals surface area contributed by atoms with Crippen molar-refractivity contribution in [2.45, 2.75) is 0 Å². The summed E-state index contributed by atoms with van der Waals surface area (Å²) in [5.41, 5.74) is 26.5. The summed E-state index contributed by atoms with van der Waals surface area (Å²) in [7, 11) is 0. The third-order valence-corrected chi connectivity index (χ3v) is 30.7. The van der Waals surface area contributed by atoms with Crippen LogP contribution in [0, 0.1) is 0 Å². The number of rotatable bonds is 15. The molecule has 0 saturated heterocycles. The van der Waals surface area contributed by atoms with E-state index in [2.05, 4.69) is 372 Å². The lowest BCUT2D eigenvalue weighted by Crippen LogP contribution is -2.04. The highest BCUT2D eigenvalue weighted by Crippen LogP contribution is 2.50. The Morgan fingerprint density at radius 1 is 0.160 bits per heavy atom. The van der Waals surface area contributed by atoms with Gasteiger partial charge < -0.3 is 18.1 Å². The summed E-state index contributed by atoms with van der Waals surface area (Å²) in [4.78, 5) is 46.3. The van der Waals surface area contributed by atoms with Crippen molar-refractivity contribution in [1.29, 1.82) is 0 Å². The van der Waals surface area contributed by atoms with Crippen molar-refractivity contribution in [2.24, 2.45) is 0 Å². The summed E-state index contributed by atoms with van der Waals surface area (Å²) in [5, 5.41) is 14.4. The first-order valence-electron chi connectivity index (χ1n) is 50.1. The molecule has 0 aliphatic carbocycles. The molecule has 0 unspecified atom stereocenters. The molecule has 0 radical (unpaired) electrons. The second-order valence-corrected chi connectivity index (χ2v) is 39.5. The van der Waals surface area contributed by atoms with E-state index in [-0.39, 0.29) is 0 Å². The lowest BCUT2D eigenvalue weighted by molar-refractivity contribution is 0.673. The van der Waals surface area contributed by atoms with Crippen molar-refractivity contribution < 1.29 is 4.42 Å². The Morgan fingerprint density at radius 2 is 0.473 bits per heavy atom. The first-order chi connectivity index (χ1) is 74.4. The minimum Gasteiger partial charge on any atom is -0.455 e. The number of thiophene rings is 2. The van der Waals surface area contributed by atoms with Crippen LogP contribution in [0.3, 0.4) is 0 Å². The zero-order valence-corrected chi connectivity index (χ0v) is 82.2. The van der Waals surface area contributed by atoms with Gasteiger partial charge in [0, 0.05) is 128 Å². The monoisotopic (exact) mass is 1950 g/mol. The van der Waals surface area contributed by atoms with Gasteiger partial charge in [-0.05, 0) is 137 Å². The highest BCUT2D eigenvalue weighted by molar-refractivity contribution is 7.26. The van der Waals surface area contributed by atoms with E-state index in [9.17, 15) is 0 Å². The highest BCUT2D eigenvalue weighted by atomic mass is 32.1. The number of fused-ring (bicyclic) bond motifs is 20. The maximum atomic E-state index is 6.60. The van der Waals surface area contributed by atoms with E-state index in [0.717, 1.165) is 161 Å². The van der Waals surface area contributed by atoms with Crippen LogP contribution in [0.1, 0.15) is 0 Å². The van der Waals surface area contributed by atoms with Gasteiger partial charge in [-0.15, -0.1) is 22.7 Å². The van der Waals surface area contributed by atoms with Crippen LogP contribution in [-0.4, -0.2) is 58.6 Å². The molecule has 0 N–H and O–H groups in total. The van der Waals surface area contributed by atoms with Crippen LogP contribution in [0.25, 0.3) is 281 Å². The quantitative estimate of drug-likeness (QED) is 0.0973. The molecular weight excluding hydrogens is 1870 g/mol. The van der Waals surface area contributed by atoms with Crippen LogP contribution < -0.4 is 0 Å². The van der Waals surface area contributed by atoms with E-state index in [1.54, 1.807) is 0 Å². The Labute approximate surface area is 869 Å². The average Bonchev–Trinajstić information content (AvgIpc) is 1.56. The molecule has 30 rings (SSSR count). The summed E-state index contributed by atoms with van der Waals surface area (Å²) in [6.45, 7) is 0. The fourth-order valence-electron chi connectivity index (χ4n) is 21.4. The van der Waals surface area contributed by atoms with E-state index >= 15 is 0 Å². The normalized spacial score (nSPS) is 11.6. The molecule has 13 nitrogen and oxygen atoms in total. The minimum absolute atomic E-state index is 0.598. The van der Waals surface area contributed by atoms with Crippen LogP contribution in [0.2, 0.25) is 0 Å². The van der Waals surface area contributed by atoms with Crippen molar-refractivity contribution in [1.82, 2.24) is 58.6 Å². The third-order valence-electron chi connectivity index (χ3n) is 28.4. The second kappa shape index (κ2) is 37.5. The average molecular weight is 1950 g/mol. The largest absolute Gasteiger partial charge is 0.455 e. The molecular formula is C135H84N12OS2. The third kappa shape index (κ3) is 15.7. The van der Waals surface area contributed by atoms with Crippen molar-refractivity contribution in [3.05, 3.63) is 510 Å². The molecule has 702 valence electrons. The molecule has 0 aliphatic heterocycles. The predicted molar refractivity (Wildman–Crippen MR) is 621 cm³/mol. The van der Waals surface area contributed by atoms with Crippen LogP contribution in [0.4, 0.5) is 0 Å². The Balaban J connectivity index is 0.000000108. The van der Waals surface area contributed by atoms with Crippen molar-refractivity contribution in [3.8, 4) is 153 Å². The number of furan rings is 1. The minimum atomic E-state index is 0.598. The van der Waals surface area contributed by atoms with Gasteiger partial charge in [0.25, 0.3) is 0 Å². The topological polar surface area (TPSA) is 144 Å². The number of hydrogen-bond donors (Lipinski definition) is 0. The van der Waals surface area contributed by atoms with Gasteiger partial charge in [-0.2, -0.15) is 0 Å². The van der Waals surface area contributed by atoms with Gasteiger partial charge in [0.2, 0.25) is 0 Å². The molecule has 0 amide bonds. The maximum Gasteiger partial charge on any atom is 0.166 e. The predicted octanol–water partition coefficient (Wildman–Crippen LogP) is 35.5. The van der Waals surface area contributed by atoms with E-state index in [1.165, 1.54) is 67.4 Å². The fourth-order valence-corrected chi connectivity index (χ4v) is 23.6. The number of para-hydroxylation sites is 4. The molecule has 21 aromatic carbocycles. The number of benzene rings is 21. The molecule has 0 saturated carbocycles. The van der Waals surface area contributed by atoms with Gasteiger partial charge in [-0.25, -0.2) is 44.9 Å². The van der Waals surface area contributed by atoms with Crippen molar-refractivity contribution in [3.63, 3.8) is 0 Å². The summed E-state index contributed by atoms with van der Waals surface area (Å²) >= 11 is 3.70. The molecule has 15 heteroatoms. The molecule has 0 fully saturated rings. The van der Waals surface area contributed by atoms with Crippen LogP contribution in [-0.2, 0) is 0 Å². The van der Waals surface area contributed by atoms with E-state index in [0.29, 0.717) is 52.4 Å². The van der Waals surface area contributed by atoms with E-state index in [1.807, 2.05) is 174 Å². The lowest BCUT2D eigenvalue weighted by Gasteiger charge is -2.17. The van der Waals surface area contributed by atoms with Gasteiger partial charge >= 0.3 is 0 Å². The Hall–Kier alpha value is -19.7. The Bertz CT molecular complexity index is 10300. The van der Waals surface area contributed by atoms with E-state index in [4.69, 9.17) is 49.3 Å². The first kappa shape index (κ1) is 88.0. The SMILES string of the molecule is c1ccc(-c2ccc(-n3c4ccccc4c4c5oc6ccccc6c5ccc43)c(-c3nc(-c4ccccc4)nc(-c4ccccc4)n3)c2)cc1.c1ccc(-c2ccc(-n3c4ccccc4c4cc5sc6ccccc6c5cc43)c(-c3nc(-c4ccccc4)nc(-c4ccccc4)n3)c2)cc1.c1ccc(-c2ccc(-n3c4ccccc4c4ccc5sc6ccccc6c5c43)c(-c3nc(-c4ccccc4)nc(-c4ccccc4)n3)c2)cc1. The molecule has 9 aromatic heterocycles. The second-order valence-electron chi connectivity index (χ2n) is 37.3. The zero-order valence-electron chi connectivity index (χ0n) is 80.6. The molecule has 30 aromatic rings. The standard InChI is InChI=1S/C45H28N4O.2C45H28N4S/c1-4-14-29(15-5-1)32-24-26-38(36(28-32)45-47-43(30-16-6-2-7-17-30)46-44(48-45)31-18-8-3-9-19-31)49-37-22-12-10-21-35(37)41-39(49)27-25-34-33-20-11-13-23-40(33)50-42(34)41;1-4-14-29(15-5-1)32-24-26-38(36(28-32)45-47-43(30-16-6-2-7-17-30)46-44(48-45)31-18-8-3-9-19-31)49-37-22-12-10-20-33(37)34-25-27-40-41(42(34)49)35-21-11-13-23-39(35)50-40;1-4-14-29(15-5-1)32-24-25-39(37(26-32)45-47-43(30-16-6-2-7-17-30)46-44(48-45)31-18-8-3-9-19-31)49-38-22-12-10-20-33(38)35-28-42-36(27-40(35)49)34-21-11-13-23-41(34)50-42/h3*1-28H. The summed E-state index contributed by atoms with van der Waals surface area (Å²) < 4.78 is 18.9. The molecule has 0 aliphatic rings. The first-order valence-corrected chi connectivity index (χ1v) is 51.7. The van der Waals surface area contributed by atoms with Gasteiger partial charge in [0.05, 0.1) is 55.5 Å².